The van der Waals surface area contributed by atoms with E-state index in [1.54, 1.807) is 25.7 Å². The maximum Gasteiger partial charge on any atom is 0.225 e. The Balaban J connectivity index is 2.13. The van der Waals surface area contributed by atoms with Gasteiger partial charge in [-0.1, -0.05) is 6.07 Å². The highest BCUT2D eigenvalue weighted by Crippen LogP contribution is 2.13. The van der Waals surface area contributed by atoms with Crippen molar-refractivity contribution in [3.63, 3.8) is 0 Å². The monoisotopic (exact) mass is 322 g/mol. The van der Waals surface area contributed by atoms with Gasteiger partial charge in [-0.25, -0.2) is 9.97 Å². The van der Waals surface area contributed by atoms with Crippen LogP contribution in [0, 0.1) is 0 Å². The molecule has 0 fully saturated rings. The van der Waals surface area contributed by atoms with Gasteiger partial charge in [0, 0.05) is 45.0 Å². The first-order valence-electron chi connectivity index (χ1n) is 5.90. The molecule has 0 N–H and O–H groups in total. The summed E-state index contributed by atoms with van der Waals surface area (Å²) in [6.07, 6.45) is 7.09. The standard InChI is InChI=1S/C13H15BrN4O/c1-19-6-5-18(10-11-3-2-4-15-7-11)13-16-8-12(14)9-17-13/h2-4,7-9H,5-6,10H2,1H3. The Hall–Kier alpha value is -1.53. The summed E-state index contributed by atoms with van der Waals surface area (Å²) in [6, 6.07) is 3.96. The number of nitrogens with zero attached hydrogens (tertiary/aromatic N) is 4. The summed E-state index contributed by atoms with van der Waals surface area (Å²) in [6.45, 7) is 2.06. The van der Waals surface area contributed by atoms with E-state index in [4.69, 9.17) is 4.74 Å². The fourth-order valence-corrected chi connectivity index (χ4v) is 1.84. The number of anilines is 1. The molecular weight excluding hydrogens is 308 g/mol. The maximum atomic E-state index is 5.13. The van der Waals surface area contributed by atoms with E-state index in [0.29, 0.717) is 19.1 Å². The highest BCUT2D eigenvalue weighted by molar-refractivity contribution is 9.10. The summed E-state index contributed by atoms with van der Waals surface area (Å²) in [5.41, 5.74) is 1.12. The molecule has 0 aliphatic heterocycles. The molecule has 0 amide bonds. The van der Waals surface area contributed by atoms with Crippen LogP contribution in [0.3, 0.4) is 0 Å². The molecule has 0 unspecified atom stereocenters. The molecule has 0 saturated carbocycles. The second-order valence-corrected chi connectivity index (χ2v) is 4.89. The van der Waals surface area contributed by atoms with Crippen LogP contribution < -0.4 is 4.90 Å². The predicted molar refractivity (Wildman–Crippen MR) is 76.9 cm³/mol. The van der Waals surface area contributed by atoms with Crippen molar-refractivity contribution in [3.8, 4) is 0 Å². The van der Waals surface area contributed by atoms with E-state index in [1.165, 1.54) is 0 Å². The molecule has 2 heterocycles. The Kier molecular flexibility index (Phi) is 5.23. The first kappa shape index (κ1) is 13.9. The molecule has 2 aromatic rings. The Labute approximate surface area is 120 Å². The SMILES string of the molecule is COCCN(Cc1cccnc1)c1ncc(Br)cn1. The summed E-state index contributed by atoms with van der Waals surface area (Å²) in [4.78, 5) is 14.8. The van der Waals surface area contributed by atoms with Gasteiger partial charge in [0.2, 0.25) is 5.95 Å². The number of aromatic nitrogens is 3. The van der Waals surface area contributed by atoms with E-state index >= 15 is 0 Å². The summed E-state index contributed by atoms with van der Waals surface area (Å²) in [5.74, 6) is 0.684. The van der Waals surface area contributed by atoms with Gasteiger partial charge in [0.15, 0.2) is 0 Å². The molecule has 0 saturated heterocycles. The first-order valence-corrected chi connectivity index (χ1v) is 6.69. The normalized spacial score (nSPS) is 10.4. The Morgan fingerprint density at radius 1 is 1.26 bits per heavy atom. The van der Waals surface area contributed by atoms with Crippen LogP contribution in [0.25, 0.3) is 0 Å². The Bertz CT molecular complexity index is 492. The number of ether oxygens (including phenoxy) is 1. The van der Waals surface area contributed by atoms with Crippen LogP contribution in [-0.2, 0) is 11.3 Å². The molecule has 2 rings (SSSR count). The van der Waals surface area contributed by atoms with Gasteiger partial charge in [-0.2, -0.15) is 0 Å². The lowest BCUT2D eigenvalue weighted by Gasteiger charge is -2.22. The third-order valence-corrected chi connectivity index (χ3v) is 2.96. The van der Waals surface area contributed by atoms with E-state index in [1.807, 2.05) is 18.3 Å². The zero-order valence-electron chi connectivity index (χ0n) is 10.7. The van der Waals surface area contributed by atoms with Crippen molar-refractivity contribution >= 4 is 21.9 Å². The highest BCUT2D eigenvalue weighted by Gasteiger charge is 2.10. The van der Waals surface area contributed by atoms with Crippen molar-refractivity contribution in [1.29, 1.82) is 0 Å². The summed E-state index contributed by atoms with van der Waals surface area (Å²) < 4.78 is 6.00. The van der Waals surface area contributed by atoms with E-state index in [-0.39, 0.29) is 0 Å². The van der Waals surface area contributed by atoms with Gasteiger partial charge in [-0.15, -0.1) is 0 Å². The van der Waals surface area contributed by atoms with Crippen LogP contribution >= 0.6 is 15.9 Å². The molecule has 5 nitrogen and oxygen atoms in total. The largest absolute Gasteiger partial charge is 0.383 e. The second-order valence-electron chi connectivity index (χ2n) is 3.98. The minimum Gasteiger partial charge on any atom is -0.383 e. The lowest BCUT2D eigenvalue weighted by atomic mass is 10.2. The Morgan fingerprint density at radius 2 is 2.05 bits per heavy atom. The summed E-state index contributed by atoms with van der Waals surface area (Å²) >= 11 is 3.34. The smallest absolute Gasteiger partial charge is 0.225 e. The molecule has 0 spiro atoms. The minimum absolute atomic E-state index is 0.625. The van der Waals surface area contributed by atoms with Crippen molar-refractivity contribution in [2.24, 2.45) is 0 Å². The lowest BCUT2D eigenvalue weighted by molar-refractivity contribution is 0.204. The molecule has 0 aliphatic carbocycles. The molecule has 6 heteroatoms. The first-order chi connectivity index (χ1) is 9.29. The van der Waals surface area contributed by atoms with Crippen molar-refractivity contribution in [3.05, 3.63) is 47.0 Å². The van der Waals surface area contributed by atoms with Crippen LogP contribution in [0.4, 0.5) is 5.95 Å². The van der Waals surface area contributed by atoms with Crippen molar-refractivity contribution in [1.82, 2.24) is 15.0 Å². The number of methoxy groups -OCH3 is 1. The van der Waals surface area contributed by atoms with E-state index in [0.717, 1.165) is 16.6 Å². The van der Waals surface area contributed by atoms with E-state index in [9.17, 15) is 0 Å². The highest BCUT2D eigenvalue weighted by atomic mass is 79.9. The van der Waals surface area contributed by atoms with Crippen molar-refractivity contribution < 1.29 is 4.74 Å². The lowest BCUT2D eigenvalue weighted by Crippen LogP contribution is -2.28. The Morgan fingerprint density at radius 3 is 2.68 bits per heavy atom. The second kappa shape index (κ2) is 7.16. The molecule has 2 aromatic heterocycles. The van der Waals surface area contributed by atoms with Crippen LogP contribution in [0.1, 0.15) is 5.56 Å². The van der Waals surface area contributed by atoms with Gasteiger partial charge < -0.3 is 9.64 Å². The third-order valence-electron chi connectivity index (χ3n) is 2.55. The number of pyridine rings is 1. The van der Waals surface area contributed by atoms with E-state index in [2.05, 4.69) is 35.8 Å². The van der Waals surface area contributed by atoms with Crippen molar-refractivity contribution in [2.45, 2.75) is 6.54 Å². The number of rotatable bonds is 6. The zero-order chi connectivity index (χ0) is 13.5. The van der Waals surface area contributed by atoms with Crippen LogP contribution in [0.15, 0.2) is 41.4 Å². The number of hydrogen-bond donors (Lipinski definition) is 0. The summed E-state index contributed by atoms with van der Waals surface area (Å²) in [5, 5.41) is 0. The van der Waals surface area contributed by atoms with Gasteiger partial charge in [0.05, 0.1) is 11.1 Å². The minimum atomic E-state index is 0.625. The average Bonchev–Trinajstić information content (AvgIpc) is 2.45. The average molecular weight is 323 g/mol. The molecule has 0 radical (unpaired) electrons. The predicted octanol–water partition coefficient (Wildman–Crippen LogP) is 2.29. The summed E-state index contributed by atoms with van der Waals surface area (Å²) in [7, 11) is 1.69. The molecule has 0 aromatic carbocycles. The zero-order valence-corrected chi connectivity index (χ0v) is 12.2. The molecular formula is C13H15BrN4O. The maximum absolute atomic E-state index is 5.13. The molecule has 0 atom stereocenters. The van der Waals surface area contributed by atoms with E-state index < -0.39 is 0 Å². The molecule has 100 valence electrons. The van der Waals surface area contributed by atoms with Crippen LogP contribution in [0.5, 0.6) is 0 Å². The van der Waals surface area contributed by atoms with Crippen LogP contribution in [0.2, 0.25) is 0 Å². The quantitative estimate of drug-likeness (QED) is 0.816. The third kappa shape index (κ3) is 4.25. The number of halogens is 1. The molecule has 0 aliphatic rings. The fourth-order valence-electron chi connectivity index (χ4n) is 1.63. The van der Waals surface area contributed by atoms with Gasteiger partial charge in [-0.3, -0.25) is 4.98 Å². The molecule has 0 bridgehead atoms. The van der Waals surface area contributed by atoms with Crippen LogP contribution in [-0.4, -0.2) is 35.2 Å². The number of hydrogen-bond acceptors (Lipinski definition) is 5. The van der Waals surface area contributed by atoms with Gasteiger partial charge in [0.25, 0.3) is 0 Å². The van der Waals surface area contributed by atoms with Gasteiger partial charge in [0.1, 0.15) is 0 Å². The van der Waals surface area contributed by atoms with Gasteiger partial charge in [-0.05, 0) is 27.6 Å². The topological polar surface area (TPSA) is 51.1 Å². The van der Waals surface area contributed by atoms with Crippen molar-refractivity contribution in [2.75, 3.05) is 25.2 Å². The van der Waals surface area contributed by atoms with Gasteiger partial charge >= 0.3 is 0 Å². The fraction of sp³-hybridized carbons (Fsp3) is 0.308. The molecule has 19 heavy (non-hydrogen) atoms.